The van der Waals surface area contributed by atoms with Gasteiger partial charge >= 0.3 is 5.97 Å². The maximum Gasteiger partial charge on any atom is 0.357 e. The largest absolute Gasteiger partial charge is 0.477 e. The number of nitrogens with zero attached hydrogens (tertiary/aromatic N) is 2. The van der Waals surface area contributed by atoms with Crippen LogP contribution in [0.3, 0.4) is 0 Å². The van der Waals surface area contributed by atoms with Gasteiger partial charge in [-0.3, -0.25) is 0 Å². The molecule has 0 radical (unpaired) electrons. The number of rotatable bonds is 5. The highest BCUT2D eigenvalue weighted by atomic mass is 19.1. The van der Waals surface area contributed by atoms with Gasteiger partial charge in [0.05, 0.1) is 18.9 Å². The van der Waals surface area contributed by atoms with Crippen LogP contribution in [0.5, 0.6) is 5.88 Å². The van der Waals surface area contributed by atoms with Crippen LogP contribution in [-0.4, -0.2) is 29.0 Å². The molecular formula is C14H15FN2O3. The van der Waals surface area contributed by atoms with Crippen LogP contribution >= 0.6 is 0 Å². The second kappa shape index (κ2) is 6.18. The van der Waals surface area contributed by atoms with Crippen LogP contribution in [0, 0.1) is 5.82 Å². The lowest BCUT2D eigenvalue weighted by atomic mass is 10.3. The zero-order chi connectivity index (χ0) is 14.5. The summed E-state index contributed by atoms with van der Waals surface area (Å²) in [6, 6.07) is 7.27. The van der Waals surface area contributed by atoms with Crippen molar-refractivity contribution in [1.29, 1.82) is 0 Å². The van der Waals surface area contributed by atoms with Crippen molar-refractivity contribution in [2.75, 3.05) is 13.2 Å². The summed E-state index contributed by atoms with van der Waals surface area (Å²) in [5, 5.41) is 4.14. The fourth-order valence-corrected chi connectivity index (χ4v) is 1.73. The van der Waals surface area contributed by atoms with Gasteiger partial charge in [0, 0.05) is 6.07 Å². The van der Waals surface area contributed by atoms with E-state index in [2.05, 4.69) is 5.10 Å². The maximum absolute atomic E-state index is 13.3. The topological polar surface area (TPSA) is 53.4 Å². The van der Waals surface area contributed by atoms with Gasteiger partial charge in [0.2, 0.25) is 5.88 Å². The van der Waals surface area contributed by atoms with Gasteiger partial charge in [0.25, 0.3) is 0 Å². The van der Waals surface area contributed by atoms with Crippen LogP contribution in [-0.2, 0) is 4.74 Å². The van der Waals surface area contributed by atoms with Gasteiger partial charge in [-0.1, -0.05) is 6.07 Å². The molecule has 0 bridgehead atoms. The molecule has 1 heterocycles. The number of hydrogen-bond donors (Lipinski definition) is 0. The van der Waals surface area contributed by atoms with Crippen LogP contribution in [0.15, 0.2) is 30.3 Å². The van der Waals surface area contributed by atoms with E-state index in [-0.39, 0.29) is 12.3 Å². The van der Waals surface area contributed by atoms with Crippen molar-refractivity contribution in [1.82, 2.24) is 9.78 Å². The van der Waals surface area contributed by atoms with E-state index in [1.54, 1.807) is 19.1 Å². The first-order valence-electron chi connectivity index (χ1n) is 6.31. The van der Waals surface area contributed by atoms with Crippen molar-refractivity contribution in [3.63, 3.8) is 0 Å². The molecule has 0 unspecified atom stereocenters. The zero-order valence-electron chi connectivity index (χ0n) is 11.3. The molecule has 5 nitrogen and oxygen atoms in total. The second-order valence-electron chi connectivity index (χ2n) is 3.91. The molecule has 0 aliphatic heterocycles. The Balaban J connectivity index is 2.46. The normalized spacial score (nSPS) is 10.3. The smallest absolute Gasteiger partial charge is 0.357 e. The van der Waals surface area contributed by atoms with Crippen molar-refractivity contribution in [2.24, 2.45) is 0 Å². The van der Waals surface area contributed by atoms with E-state index >= 15 is 0 Å². The molecule has 2 aromatic rings. The Labute approximate surface area is 115 Å². The second-order valence-corrected chi connectivity index (χ2v) is 3.91. The van der Waals surface area contributed by atoms with Crippen molar-refractivity contribution in [2.45, 2.75) is 13.8 Å². The number of esters is 1. The van der Waals surface area contributed by atoms with Gasteiger partial charge in [0.15, 0.2) is 5.69 Å². The first kappa shape index (κ1) is 14.0. The van der Waals surface area contributed by atoms with E-state index in [1.165, 1.54) is 22.9 Å². The van der Waals surface area contributed by atoms with Gasteiger partial charge in [0.1, 0.15) is 5.82 Å². The number of carbonyl (C=O) groups is 1. The molecule has 106 valence electrons. The van der Waals surface area contributed by atoms with E-state index in [0.717, 1.165) is 0 Å². The minimum absolute atomic E-state index is 0.195. The molecule has 0 aliphatic rings. The average Bonchev–Trinajstić information content (AvgIpc) is 2.83. The summed E-state index contributed by atoms with van der Waals surface area (Å²) in [5.41, 5.74) is 0.625. The highest BCUT2D eigenvalue weighted by molar-refractivity contribution is 5.88. The average molecular weight is 278 g/mol. The Morgan fingerprint density at radius 2 is 2.10 bits per heavy atom. The number of hydrogen-bond acceptors (Lipinski definition) is 4. The van der Waals surface area contributed by atoms with Crippen molar-refractivity contribution < 1.29 is 18.7 Å². The number of benzene rings is 1. The van der Waals surface area contributed by atoms with E-state index in [4.69, 9.17) is 9.47 Å². The highest BCUT2D eigenvalue weighted by Gasteiger charge is 2.18. The molecule has 0 saturated heterocycles. The number of carbonyl (C=O) groups excluding carboxylic acids is 1. The van der Waals surface area contributed by atoms with Crippen LogP contribution in [0.1, 0.15) is 24.3 Å². The van der Waals surface area contributed by atoms with Crippen LogP contribution in [0.4, 0.5) is 4.39 Å². The number of ether oxygens (including phenoxy) is 2. The minimum atomic E-state index is -0.532. The molecule has 2 rings (SSSR count). The quantitative estimate of drug-likeness (QED) is 0.789. The fourth-order valence-electron chi connectivity index (χ4n) is 1.73. The highest BCUT2D eigenvalue weighted by Crippen LogP contribution is 2.19. The van der Waals surface area contributed by atoms with Crippen LogP contribution in [0.2, 0.25) is 0 Å². The SMILES string of the molecule is CCOC(=O)c1cc(OCC)nn1-c1cccc(F)c1. The third-order valence-corrected chi connectivity index (χ3v) is 2.52. The molecule has 0 aliphatic carbocycles. The molecule has 1 aromatic heterocycles. The van der Waals surface area contributed by atoms with Gasteiger partial charge < -0.3 is 9.47 Å². The van der Waals surface area contributed by atoms with E-state index in [0.29, 0.717) is 18.2 Å². The third-order valence-electron chi connectivity index (χ3n) is 2.52. The summed E-state index contributed by atoms with van der Waals surface area (Å²) >= 11 is 0. The van der Waals surface area contributed by atoms with Crippen molar-refractivity contribution in [3.05, 3.63) is 41.8 Å². The van der Waals surface area contributed by atoms with E-state index in [1.807, 2.05) is 6.92 Å². The van der Waals surface area contributed by atoms with Crippen LogP contribution in [0.25, 0.3) is 5.69 Å². The lowest BCUT2D eigenvalue weighted by molar-refractivity contribution is 0.0515. The summed E-state index contributed by atoms with van der Waals surface area (Å²) < 4.78 is 24.8. The lowest BCUT2D eigenvalue weighted by Crippen LogP contribution is -2.12. The molecule has 1 aromatic carbocycles. The van der Waals surface area contributed by atoms with E-state index < -0.39 is 11.8 Å². The third kappa shape index (κ3) is 2.96. The van der Waals surface area contributed by atoms with Gasteiger partial charge in [-0.25, -0.2) is 13.9 Å². The van der Waals surface area contributed by atoms with E-state index in [9.17, 15) is 9.18 Å². The Morgan fingerprint density at radius 3 is 2.75 bits per heavy atom. The summed E-state index contributed by atoms with van der Waals surface area (Å²) in [6.07, 6.45) is 0. The van der Waals surface area contributed by atoms with Gasteiger partial charge in [-0.2, -0.15) is 0 Å². The van der Waals surface area contributed by atoms with Gasteiger partial charge in [-0.05, 0) is 32.0 Å². The Kier molecular flexibility index (Phi) is 4.34. The summed E-state index contributed by atoms with van der Waals surface area (Å²) in [7, 11) is 0. The fraction of sp³-hybridized carbons (Fsp3) is 0.286. The molecule has 0 fully saturated rings. The van der Waals surface area contributed by atoms with Crippen molar-refractivity contribution in [3.8, 4) is 11.6 Å². The molecule has 0 N–H and O–H groups in total. The first-order valence-corrected chi connectivity index (χ1v) is 6.31. The summed E-state index contributed by atoms with van der Waals surface area (Å²) in [4.78, 5) is 11.9. The Hall–Kier alpha value is -2.37. The molecule has 0 spiro atoms. The summed E-state index contributed by atoms with van der Waals surface area (Å²) in [5.74, 6) is -0.652. The number of halogens is 1. The summed E-state index contributed by atoms with van der Waals surface area (Å²) in [6.45, 7) is 4.19. The molecule has 0 amide bonds. The van der Waals surface area contributed by atoms with Gasteiger partial charge in [-0.15, -0.1) is 5.10 Å². The first-order chi connectivity index (χ1) is 9.65. The lowest BCUT2D eigenvalue weighted by Gasteiger charge is -2.06. The standard InChI is InChI=1S/C14H15FN2O3/c1-3-19-13-9-12(14(18)20-4-2)17(16-13)11-7-5-6-10(15)8-11/h5-9H,3-4H2,1-2H3. The molecule has 6 heteroatoms. The molecule has 0 saturated carbocycles. The molecular weight excluding hydrogens is 263 g/mol. The Bertz CT molecular complexity index is 610. The maximum atomic E-state index is 13.3. The predicted molar refractivity (Wildman–Crippen MR) is 70.6 cm³/mol. The van der Waals surface area contributed by atoms with Crippen molar-refractivity contribution >= 4 is 5.97 Å². The predicted octanol–water partition coefficient (Wildman–Crippen LogP) is 2.59. The minimum Gasteiger partial charge on any atom is -0.477 e. The molecule has 0 atom stereocenters. The molecule has 20 heavy (non-hydrogen) atoms. The zero-order valence-corrected chi connectivity index (χ0v) is 11.3. The Morgan fingerprint density at radius 1 is 1.30 bits per heavy atom. The monoisotopic (exact) mass is 278 g/mol. The van der Waals surface area contributed by atoms with Crippen LogP contribution < -0.4 is 4.74 Å². The number of aromatic nitrogens is 2.